The number of hydrogen-bond donors (Lipinski definition) is 2. The van der Waals surface area contributed by atoms with Crippen molar-refractivity contribution in [2.75, 3.05) is 32.0 Å². The van der Waals surface area contributed by atoms with Gasteiger partial charge in [0.05, 0.1) is 32.6 Å². The van der Waals surface area contributed by atoms with Crippen LogP contribution in [0.2, 0.25) is 0 Å². The lowest BCUT2D eigenvalue weighted by molar-refractivity contribution is -0.113. The van der Waals surface area contributed by atoms with Crippen molar-refractivity contribution in [3.63, 3.8) is 0 Å². The molecule has 1 aliphatic heterocycles. The zero-order valence-corrected chi connectivity index (χ0v) is 22.4. The topological polar surface area (TPSA) is 109 Å². The van der Waals surface area contributed by atoms with Crippen LogP contribution in [-0.4, -0.2) is 42.0 Å². The number of halogens is 1. The minimum Gasteiger partial charge on any atom is -0.497 e. The molecule has 3 aromatic carbocycles. The normalized spacial score (nSPS) is 14.2. The molecule has 206 valence electrons. The predicted octanol–water partition coefficient (Wildman–Crippen LogP) is 4.95. The fourth-order valence-electron chi connectivity index (χ4n) is 4.54. The van der Waals surface area contributed by atoms with E-state index in [1.807, 2.05) is 6.07 Å². The molecule has 0 fully saturated rings. The van der Waals surface area contributed by atoms with Crippen molar-refractivity contribution in [1.29, 1.82) is 0 Å². The predicted molar refractivity (Wildman–Crippen MR) is 146 cm³/mol. The maximum atomic E-state index is 14.1. The van der Waals surface area contributed by atoms with Gasteiger partial charge in [-0.2, -0.15) is 10.1 Å². The lowest BCUT2D eigenvalue weighted by Gasteiger charge is -2.29. The SMILES string of the molecule is COc1ccc(OC)c(NC(=O)C2=C(C)Nc3ncnn3C2c2ccc(OCc3ccccc3F)c(OC)c2)c1. The van der Waals surface area contributed by atoms with Gasteiger partial charge < -0.3 is 29.6 Å². The Morgan fingerprint density at radius 1 is 1.00 bits per heavy atom. The van der Waals surface area contributed by atoms with Crippen LogP contribution in [0.3, 0.4) is 0 Å². The Morgan fingerprint density at radius 2 is 1.77 bits per heavy atom. The smallest absolute Gasteiger partial charge is 0.255 e. The number of carbonyl (C=O) groups is 1. The minimum atomic E-state index is -0.648. The number of amides is 1. The first-order valence-corrected chi connectivity index (χ1v) is 12.4. The number of allylic oxidation sites excluding steroid dienone is 1. The summed E-state index contributed by atoms with van der Waals surface area (Å²) in [5.74, 6) is 1.64. The molecule has 4 aromatic rings. The maximum Gasteiger partial charge on any atom is 0.255 e. The number of benzene rings is 3. The van der Waals surface area contributed by atoms with Crippen LogP contribution in [0, 0.1) is 5.82 Å². The average molecular weight is 546 g/mol. The zero-order valence-electron chi connectivity index (χ0n) is 22.4. The van der Waals surface area contributed by atoms with Crippen LogP contribution in [0.15, 0.2) is 78.3 Å². The van der Waals surface area contributed by atoms with Gasteiger partial charge in [0.15, 0.2) is 11.5 Å². The molecule has 1 aromatic heterocycles. The highest BCUT2D eigenvalue weighted by molar-refractivity contribution is 6.06. The van der Waals surface area contributed by atoms with E-state index in [1.165, 1.54) is 26.6 Å². The van der Waals surface area contributed by atoms with Crippen molar-refractivity contribution in [1.82, 2.24) is 14.8 Å². The molecule has 0 aliphatic carbocycles. The molecular weight excluding hydrogens is 517 g/mol. The molecule has 0 saturated carbocycles. The molecule has 11 heteroatoms. The van der Waals surface area contributed by atoms with E-state index in [9.17, 15) is 9.18 Å². The van der Waals surface area contributed by atoms with Gasteiger partial charge in [0.25, 0.3) is 5.91 Å². The van der Waals surface area contributed by atoms with Crippen molar-refractivity contribution in [3.8, 4) is 23.0 Å². The molecule has 1 atom stereocenters. The van der Waals surface area contributed by atoms with Gasteiger partial charge in [-0.15, -0.1) is 0 Å². The molecule has 2 heterocycles. The number of ether oxygens (including phenoxy) is 4. The van der Waals surface area contributed by atoms with Gasteiger partial charge >= 0.3 is 0 Å². The van der Waals surface area contributed by atoms with Gasteiger partial charge in [-0.05, 0) is 42.8 Å². The summed E-state index contributed by atoms with van der Waals surface area (Å²) in [6.45, 7) is 1.82. The van der Waals surface area contributed by atoms with Crippen LogP contribution in [0.5, 0.6) is 23.0 Å². The van der Waals surface area contributed by atoms with Gasteiger partial charge in [-0.3, -0.25) is 4.79 Å². The third kappa shape index (κ3) is 5.13. The molecule has 2 N–H and O–H groups in total. The number of hydrogen-bond acceptors (Lipinski definition) is 8. The third-order valence-corrected chi connectivity index (χ3v) is 6.54. The summed E-state index contributed by atoms with van der Waals surface area (Å²) in [5, 5.41) is 10.5. The second kappa shape index (κ2) is 11.4. The zero-order chi connectivity index (χ0) is 28.2. The summed E-state index contributed by atoms with van der Waals surface area (Å²) in [6, 6.07) is 16.2. The second-order valence-electron chi connectivity index (χ2n) is 8.91. The van der Waals surface area contributed by atoms with E-state index in [1.54, 1.807) is 67.2 Å². The molecule has 1 unspecified atom stereocenters. The standard InChI is InChI=1S/C29H28FN5O5/c1-17-26(28(36)34-22-14-20(37-2)10-12-23(22)38-3)27(35-29(33-17)31-16-32-35)18-9-11-24(25(13-18)39-4)40-15-19-7-5-6-8-21(19)30/h5-14,16,27H,15H2,1-4H3,(H,34,36)(H,31,32,33). The van der Waals surface area contributed by atoms with Crippen LogP contribution < -0.4 is 29.6 Å². The molecule has 1 amide bonds. The molecule has 0 spiro atoms. The van der Waals surface area contributed by atoms with Gasteiger partial charge in [-0.25, -0.2) is 9.07 Å². The average Bonchev–Trinajstić information content (AvgIpc) is 3.44. The molecule has 0 saturated heterocycles. The number of fused-ring (bicyclic) bond motifs is 1. The van der Waals surface area contributed by atoms with E-state index in [0.717, 1.165) is 0 Å². The first kappa shape index (κ1) is 26.5. The van der Waals surface area contributed by atoms with Gasteiger partial charge in [-0.1, -0.05) is 24.3 Å². The summed E-state index contributed by atoms with van der Waals surface area (Å²) >= 11 is 0. The number of nitrogens with zero attached hydrogens (tertiary/aromatic N) is 3. The van der Waals surface area contributed by atoms with Crippen molar-refractivity contribution in [2.45, 2.75) is 19.6 Å². The quantitative estimate of drug-likeness (QED) is 0.304. The Bertz CT molecular complexity index is 1580. The minimum absolute atomic E-state index is 0.0258. The number of rotatable bonds is 9. The molecular formula is C29H28FN5O5. The van der Waals surface area contributed by atoms with E-state index < -0.39 is 6.04 Å². The number of anilines is 2. The van der Waals surface area contributed by atoms with E-state index >= 15 is 0 Å². The van der Waals surface area contributed by atoms with E-state index in [4.69, 9.17) is 18.9 Å². The highest BCUT2D eigenvalue weighted by atomic mass is 19.1. The van der Waals surface area contributed by atoms with Crippen molar-refractivity contribution >= 4 is 17.5 Å². The van der Waals surface area contributed by atoms with Crippen molar-refractivity contribution in [2.24, 2.45) is 0 Å². The van der Waals surface area contributed by atoms with Crippen LogP contribution in [-0.2, 0) is 11.4 Å². The number of aromatic nitrogens is 3. The lowest BCUT2D eigenvalue weighted by Crippen LogP contribution is -2.31. The Balaban J connectivity index is 1.49. The van der Waals surface area contributed by atoms with Crippen LogP contribution in [0.4, 0.5) is 16.0 Å². The first-order chi connectivity index (χ1) is 19.4. The number of carbonyl (C=O) groups excluding carboxylic acids is 1. The molecule has 10 nitrogen and oxygen atoms in total. The van der Waals surface area contributed by atoms with Gasteiger partial charge in [0.1, 0.15) is 36.3 Å². The molecule has 5 rings (SSSR count). The monoisotopic (exact) mass is 545 g/mol. The Kier molecular flexibility index (Phi) is 7.54. The van der Waals surface area contributed by atoms with E-state index in [0.29, 0.717) is 57.0 Å². The number of methoxy groups -OCH3 is 3. The van der Waals surface area contributed by atoms with Crippen molar-refractivity contribution < 1.29 is 28.1 Å². The van der Waals surface area contributed by atoms with Crippen molar-refractivity contribution in [3.05, 3.63) is 95.2 Å². The largest absolute Gasteiger partial charge is 0.497 e. The van der Waals surface area contributed by atoms with Gasteiger partial charge in [0.2, 0.25) is 5.95 Å². The highest BCUT2D eigenvalue weighted by Crippen LogP contribution is 2.40. The fourth-order valence-corrected chi connectivity index (χ4v) is 4.54. The summed E-state index contributed by atoms with van der Waals surface area (Å²) in [6.07, 6.45) is 1.41. The van der Waals surface area contributed by atoms with Crippen LogP contribution in [0.25, 0.3) is 0 Å². The van der Waals surface area contributed by atoms with E-state index in [2.05, 4.69) is 20.7 Å². The molecule has 40 heavy (non-hydrogen) atoms. The summed E-state index contributed by atoms with van der Waals surface area (Å²) < 4.78 is 38.0. The molecule has 1 aliphatic rings. The Hall–Kier alpha value is -5.06. The summed E-state index contributed by atoms with van der Waals surface area (Å²) in [4.78, 5) is 18.1. The van der Waals surface area contributed by atoms with Crippen LogP contribution >= 0.6 is 0 Å². The molecule has 0 radical (unpaired) electrons. The lowest BCUT2D eigenvalue weighted by atomic mass is 9.94. The third-order valence-electron chi connectivity index (χ3n) is 6.54. The van der Waals surface area contributed by atoms with Crippen LogP contribution in [0.1, 0.15) is 24.1 Å². The first-order valence-electron chi connectivity index (χ1n) is 12.4. The summed E-state index contributed by atoms with van der Waals surface area (Å²) in [7, 11) is 4.59. The fraction of sp³-hybridized carbons (Fsp3) is 0.207. The molecule has 0 bridgehead atoms. The van der Waals surface area contributed by atoms with E-state index in [-0.39, 0.29) is 18.3 Å². The maximum absolute atomic E-state index is 14.1. The van der Waals surface area contributed by atoms with Gasteiger partial charge in [0, 0.05) is 17.3 Å². The number of nitrogens with one attached hydrogen (secondary N) is 2. The Morgan fingerprint density at radius 3 is 2.52 bits per heavy atom. The Labute approximate surface area is 230 Å². The highest BCUT2D eigenvalue weighted by Gasteiger charge is 2.34. The summed E-state index contributed by atoms with van der Waals surface area (Å²) in [5.41, 5.74) is 2.58. The second-order valence-corrected chi connectivity index (χ2v) is 8.91.